The lowest BCUT2D eigenvalue weighted by Gasteiger charge is -2.31. The molecule has 1 fully saturated rings. The summed E-state index contributed by atoms with van der Waals surface area (Å²) in [4.78, 5) is 15.4. The molecule has 5 nitrogen and oxygen atoms in total. The molecule has 7 heteroatoms. The molecule has 32 heavy (non-hydrogen) atoms. The second-order valence-electron chi connectivity index (χ2n) is 8.10. The van der Waals surface area contributed by atoms with Gasteiger partial charge in [-0.2, -0.15) is 0 Å². The highest BCUT2D eigenvalue weighted by atomic mass is 32.2. The average Bonchev–Trinajstić information content (AvgIpc) is 2.95. The largest absolute Gasteiger partial charge is 0.457 e. The molecule has 5 rings (SSSR count). The number of fused-ring (bicyclic) bond motifs is 2. The fraction of sp³-hybridized carbons (Fsp3) is 0.240. The number of hydrogen-bond donors (Lipinski definition) is 0. The van der Waals surface area contributed by atoms with Crippen molar-refractivity contribution in [2.45, 2.75) is 17.6 Å². The van der Waals surface area contributed by atoms with Crippen molar-refractivity contribution in [1.82, 2.24) is 4.90 Å². The van der Waals surface area contributed by atoms with Crippen LogP contribution in [0.5, 0.6) is 11.5 Å². The molecule has 1 atom stereocenters. The summed E-state index contributed by atoms with van der Waals surface area (Å²) >= 11 is 0. The summed E-state index contributed by atoms with van der Waals surface area (Å²) in [6.07, 6.45) is 0.154. The van der Waals surface area contributed by atoms with E-state index in [0.717, 1.165) is 11.1 Å². The Morgan fingerprint density at radius 2 is 1.41 bits per heavy atom. The summed E-state index contributed by atoms with van der Waals surface area (Å²) in [6, 6.07) is 20.8. The van der Waals surface area contributed by atoms with Crippen molar-refractivity contribution in [2.75, 3.05) is 18.8 Å². The highest BCUT2D eigenvalue weighted by Gasteiger charge is 2.39. The van der Waals surface area contributed by atoms with E-state index < -0.39 is 26.8 Å². The van der Waals surface area contributed by atoms with Gasteiger partial charge in [0.05, 0.1) is 16.9 Å². The molecule has 1 saturated heterocycles. The van der Waals surface area contributed by atoms with Gasteiger partial charge in [-0.3, -0.25) is 4.79 Å². The van der Waals surface area contributed by atoms with Gasteiger partial charge in [0.25, 0.3) is 0 Å². The number of carbonyl (C=O) groups excluding carboxylic acids is 1. The van der Waals surface area contributed by atoms with E-state index in [1.54, 1.807) is 11.0 Å². The zero-order valence-electron chi connectivity index (χ0n) is 17.3. The van der Waals surface area contributed by atoms with Gasteiger partial charge < -0.3 is 9.64 Å². The normalized spacial score (nSPS) is 19.9. The van der Waals surface area contributed by atoms with E-state index in [1.807, 2.05) is 48.5 Å². The molecule has 0 saturated carbocycles. The first-order valence-corrected chi connectivity index (χ1v) is 12.3. The average molecular weight is 452 g/mol. The number of nitrogens with zero attached hydrogens (tertiary/aromatic N) is 1. The fourth-order valence-electron chi connectivity index (χ4n) is 4.61. The monoisotopic (exact) mass is 451 g/mol. The van der Waals surface area contributed by atoms with Crippen LogP contribution in [-0.4, -0.2) is 38.1 Å². The number of sulfone groups is 1. The number of ether oxygens (including phenoxy) is 1. The van der Waals surface area contributed by atoms with Crippen molar-refractivity contribution >= 4 is 15.7 Å². The van der Waals surface area contributed by atoms with Crippen molar-refractivity contribution < 1.29 is 22.3 Å². The Morgan fingerprint density at radius 1 is 0.844 bits per heavy atom. The summed E-state index contributed by atoms with van der Waals surface area (Å²) in [6.45, 7) is 0.312. The molecule has 0 bridgehead atoms. The Bertz CT molecular complexity index is 1240. The molecule has 2 heterocycles. The topological polar surface area (TPSA) is 63.7 Å². The third kappa shape index (κ3) is 3.56. The van der Waals surface area contributed by atoms with Crippen LogP contribution in [0.4, 0.5) is 4.39 Å². The van der Waals surface area contributed by atoms with Gasteiger partial charge in [-0.25, -0.2) is 12.8 Å². The molecule has 0 radical (unpaired) electrons. The molecule has 0 N–H and O–H groups in total. The van der Waals surface area contributed by atoms with Crippen molar-refractivity contribution in [3.05, 3.63) is 95.3 Å². The molecule has 0 spiro atoms. The number of benzene rings is 3. The zero-order valence-corrected chi connectivity index (χ0v) is 18.1. The van der Waals surface area contributed by atoms with Crippen LogP contribution in [0, 0.1) is 5.82 Å². The lowest BCUT2D eigenvalue weighted by molar-refractivity contribution is -0.131. The number of carbonyl (C=O) groups is 1. The fourth-order valence-corrected chi connectivity index (χ4v) is 6.41. The van der Waals surface area contributed by atoms with Crippen LogP contribution >= 0.6 is 0 Å². The molecule has 2 aliphatic heterocycles. The SMILES string of the molecule is O=C(C1c2ccccc2Oc2ccccc21)N1CCC(c2ccccc2F)S(=O)(=O)CC1. The minimum absolute atomic E-state index is 0.0772. The number of amides is 1. The Balaban J connectivity index is 1.48. The summed E-state index contributed by atoms with van der Waals surface area (Å²) in [5.41, 5.74) is 1.69. The van der Waals surface area contributed by atoms with E-state index in [2.05, 4.69) is 0 Å². The van der Waals surface area contributed by atoms with Crippen molar-refractivity contribution in [2.24, 2.45) is 0 Å². The minimum Gasteiger partial charge on any atom is -0.457 e. The highest BCUT2D eigenvalue weighted by Crippen LogP contribution is 2.45. The molecule has 164 valence electrons. The minimum atomic E-state index is -3.61. The standard InChI is InChI=1S/C25H22FNO4S/c26-20-10-4-1-7-17(20)23-13-14-27(15-16-32(23,29)30)25(28)24-18-8-2-5-11-21(18)31-22-12-6-3-9-19(22)24/h1-12,23-24H,13-16H2. The Hall–Kier alpha value is -3.19. The maximum Gasteiger partial charge on any atom is 0.234 e. The maximum atomic E-state index is 14.4. The summed E-state index contributed by atoms with van der Waals surface area (Å²) in [7, 11) is -3.61. The number of para-hydroxylation sites is 2. The maximum absolute atomic E-state index is 14.4. The van der Waals surface area contributed by atoms with Gasteiger partial charge in [0.1, 0.15) is 17.3 Å². The van der Waals surface area contributed by atoms with E-state index in [0.29, 0.717) is 11.5 Å². The first-order chi connectivity index (χ1) is 15.5. The second-order valence-corrected chi connectivity index (χ2v) is 10.4. The molecule has 1 amide bonds. The highest BCUT2D eigenvalue weighted by molar-refractivity contribution is 7.91. The van der Waals surface area contributed by atoms with E-state index in [1.165, 1.54) is 18.2 Å². The number of halogens is 1. The van der Waals surface area contributed by atoms with Gasteiger partial charge in [0.2, 0.25) is 5.91 Å². The lowest BCUT2D eigenvalue weighted by atomic mass is 9.86. The molecule has 0 aliphatic carbocycles. The van der Waals surface area contributed by atoms with Gasteiger partial charge >= 0.3 is 0 Å². The van der Waals surface area contributed by atoms with Crippen molar-refractivity contribution in [3.8, 4) is 11.5 Å². The molecular weight excluding hydrogens is 429 g/mol. The third-order valence-electron chi connectivity index (χ3n) is 6.23. The predicted molar refractivity (Wildman–Crippen MR) is 119 cm³/mol. The van der Waals surface area contributed by atoms with Crippen LogP contribution in [-0.2, 0) is 14.6 Å². The van der Waals surface area contributed by atoms with Gasteiger partial charge in [0.15, 0.2) is 9.84 Å². The Kier molecular flexibility index (Phi) is 5.21. The third-order valence-corrected chi connectivity index (χ3v) is 8.34. The summed E-state index contributed by atoms with van der Waals surface area (Å²) < 4.78 is 46.3. The second kappa shape index (κ2) is 8.06. The van der Waals surface area contributed by atoms with E-state index in [4.69, 9.17) is 4.74 Å². The molecule has 2 aliphatic rings. The van der Waals surface area contributed by atoms with Crippen LogP contribution in [0.3, 0.4) is 0 Å². The van der Waals surface area contributed by atoms with E-state index in [-0.39, 0.29) is 36.7 Å². The summed E-state index contributed by atoms with van der Waals surface area (Å²) in [5.74, 6) is -0.244. The molecular formula is C25H22FNO4S. The molecule has 1 unspecified atom stereocenters. The van der Waals surface area contributed by atoms with E-state index >= 15 is 0 Å². The van der Waals surface area contributed by atoms with Gasteiger partial charge in [0, 0.05) is 29.8 Å². The quantitative estimate of drug-likeness (QED) is 0.578. The van der Waals surface area contributed by atoms with Gasteiger partial charge in [-0.1, -0.05) is 54.6 Å². The summed E-state index contributed by atoms with van der Waals surface area (Å²) in [5, 5.41) is -0.962. The number of hydrogen-bond acceptors (Lipinski definition) is 4. The first kappa shape index (κ1) is 20.7. The lowest BCUT2D eigenvalue weighted by Crippen LogP contribution is -2.38. The van der Waals surface area contributed by atoms with Crippen LogP contribution in [0.1, 0.15) is 34.3 Å². The Labute approximate surface area is 186 Å². The zero-order chi connectivity index (χ0) is 22.3. The molecule has 3 aromatic carbocycles. The van der Waals surface area contributed by atoms with E-state index in [9.17, 15) is 17.6 Å². The van der Waals surface area contributed by atoms with Gasteiger partial charge in [-0.15, -0.1) is 0 Å². The van der Waals surface area contributed by atoms with Gasteiger partial charge in [-0.05, 0) is 24.6 Å². The van der Waals surface area contributed by atoms with Crippen LogP contribution in [0.2, 0.25) is 0 Å². The van der Waals surface area contributed by atoms with Crippen LogP contribution in [0.15, 0.2) is 72.8 Å². The Morgan fingerprint density at radius 3 is 2.03 bits per heavy atom. The smallest absolute Gasteiger partial charge is 0.234 e. The molecule has 3 aromatic rings. The van der Waals surface area contributed by atoms with Crippen LogP contribution < -0.4 is 4.74 Å². The van der Waals surface area contributed by atoms with Crippen molar-refractivity contribution in [1.29, 1.82) is 0 Å². The van der Waals surface area contributed by atoms with Crippen molar-refractivity contribution in [3.63, 3.8) is 0 Å². The predicted octanol–water partition coefficient (Wildman–Crippen LogP) is 4.45. The molecule has 0 aromatic heterocycles. The number of rotatable bonds is 2. The van der Waals surface area contributed by atoms with Crippen LogP contribution in [0.25, 0.3) is 0 Å². The first-order valence-electron chi connectivity index (χ1n) is 10.6.